The first-order valence-corrected chi connectivity index (χ1v) is 3.35. The van der Waals surface area contributed by atoms with E-state index < -0.39 is 19.0 Å². The number of pyridine rings is 1. The predicted octanol–water partition coefficient (Wildman–Crippen LogP) is -1.76. The molecule has 0 N–H and O–H groups in total. The van der Waals surface area contributed by atoms with E-state index in [1.165, 1.54) is 12.1 Å². The molecule has 0 atom stereocenters. The van der Waals surface area contributed by atoms with E-state index in [9.17, 15) is 17.7 Å². The number of rotatable bonds is 2. The van der Waals surface area contributed by atoms with Gasteiger partial charge in [0, 0.05) is 12.3 Å². The zero-order valence-corrected chi connectivity index (χ0v) is 10.2. The Hall–Kier alpha value is 0.441. The average molecular weight is 215 g/mol. The molecule has 0 bridgehead atoms. The van der Waals surface area contributed by atoms with Gasteiger partial charge in [0.1, 0.15) is 0 Å². The molecule has 1 rings (SSSR count). The van der Waals surface area contributed by atoms with Crippen molar-refractivity contribution in [2.45, 2.75) is 6.44 Å². The quantitative estimate of drug-likeness (QED) is 0.535. The fourth-order valence-corrected chi connectivity index (χ4v) is 0.835. The van der Waals surface area contributed by atoms with Gasteiger partial charge in [-0.25, -0.2) is 0 Å². The minimum Gasteiger partial charge on any atom is -0.448 e. The monoisotopic (exact) mass is 215 g/mol. The number of aromatic nitrogens is 1. The molecule has 0 aliphatic heterocycles. The van der Waals surface area contributed by atoms with Gasteiger partial charge in [-0.15, -0.1) is 0 Å². The first kappa shape index (κ1) is 13.4. The van der Waals surface area contributed by atoms with Crippen LogP contribution in [-0.4, -0.2) is 11.5 Å². The second kappa shape index (κ2) is 5.35. The van der Waals surface area contributed by atoms with E-state index >= 15 is 0 Å². The Morgan fingerprint density at radius 2 is 1.92 bits per heavy atom. The van der Waals surface area contributed by atoms with Crippen LogP contribution in [0.1, 0.15) is 0 Å². The third kappa shape index (κ3) is 5.02. The molecule has 0 aliphatic rings. The van der Waals surface area contributed by atoms with Crippen LogP contribution in [-0.2, 0) is 6.44 Å². The molecular formula is C6H6BF3KNO. The van der Waals surface area contributed by atoms with Crippen molar-refractivity contribution in [1.29, 1.82) is 0 Å². The molecule has 0 radical (unpaired) electrons. The molecular weight excluding hydrogens is 209 g/mol. The Kier molecular flexibility index (Phi) is 5.54. The molecule has 0 fully saturated rings. The van der Waals surface area contributed by atoms with Gasteiger partial charge in [0.15, 0.2) is 0 Å². The molecule has 1 heterocycles. The smallest absolute Gasteiger partial charge is 0.448 e. The van der Waals surface area contributed by atoms with Crippen molar-refractivity contribution in [2.24, 2.45) is 0 Å². The summed E-state index contributed by atoms with van der Waals surface area (Å²) in [6.45, 7) is -4.94. The summed E-state index contributed by atoms with van der Waals surface area (Å²) in [6.07, 6.45) is -0.0444. The fourth-order valence-electron chi connectivity index (χ4n) is 0.835. The van der Waals surface area contributed by atoms with E-state index in [1.807, 2.05) is 0 Å². The third-order valence-corrected chi connectivity index (χ3v) is 1.30. The van der Waals surface area contributed by atoms with Gasteiger partial charge >= 0.3 is 58.4 Å². The third-order valence-electron chi connectivity index (χ3n) is 1.30. The van der Waals surface area contributed by atoms with Crippen molar-refractivity contribution in [2.75, 3.05) is 0 Å². The maximum absolute atomic E-state index is 11.8. The van der Waals surface area contributed by atoms with Crippen molar-refractivity contribution < 1.29 is 64.3 Å². The maximum Gasteiger partial charge on any atom is 1.00 e. The molecule has 0 spiro atoms. The first-order chi connectivity index (χ1) is 5.49. The molecule has 66 valence electrons. The molecule has 0 saturated carbocycles. The molecule has 0 saturated heterocycles. The molecule has 13 heavy (non-hydrogen) atoms. The Balaban J connectivity index is 0.00000144. The largest absolute Gasteiger partial charge is 1.00 e. The minimum absolute atomic E-state index is 0. The van der Waals surface area contributed by atoms with Gasteiger partial charge in [0.05, 0.1) is 0 Å². The van der Waals surface area contributed by atoms with Gasteiger partial charge in [-0.05, 0) is 12.5 Å². The normalized spacial score (nSPS) is 10.7. The van der Waals surface area contributed by atoms with Crippen molar-refractivity contribution >= 4 is 6.98 Å². The van der Waals surface area contributed by atoms with Crippen LogP contribution >= 0.6 is 0 Å². The van der Waals surface area contributed by atoms with E-state index in [2.05, 4.69) is 0 Å². The fraction of sp³-hybridized carbons (Fsp3) is 0.167. The Labute approximate surface area is 116 Å². The molecule has 7 heteroatoms. The summed E-state index contributed by atoms with van der Waals surface area (Å²) in [5, 5.41) is 0. The standard InChI is InChI=1S/C6H6BF3NO.K/c8-7(9,10)5-11-4-2-1-3-6(11)12;/h1-4H,5H2;/q-1;+1. The van der Waals surface area contributed by atoms with Crippen LogP contribution in [0.2, 0.25) is 0 Å². The van der Waals surface area contributed by atoms with Crippen LogP contribution in [0.5, 0.6) is 0 Å². The predicted molar refractivity (Wildman–Crippen MR) is 39.8 cm³/mol. The van der Waals surface area contributed by atoms with Crippen LogP contribution in [0.15, 0.2) is 29.2 Å². The summed E-state index contributed by atoms with van der Waals surface area (Å²) in [6, 6.07) is 3.90. The number of hydrogen-bond acceptors (Lipinski definition) is 1. The van der Waals surface area contributed by atoms with Crippen LogP contribution in [0, 0.1) is 0 Å². The summed E-state index contributed by atoms with van der Waals surface area (Å²) in [5.41, 5.74) is -0.628. The van der Waals surface area contributed by atoms with E-state index in [1.54, 1.807) is 0 Å². The summed E-state index contributed by atoms with van der Waals surface area (Å²) in [7, 11) is 0. The van der Waals surface area contributed by atoms with Gasteiger partial charge in [0.2, 0.25) is 5.56 Å². The zero-order valence-electron chi connectivity index (χ0n) is 7.08. The molecule has 1 aromatic heterocycles. The van der Waals surface area contributed by atoms with Crippen molar-refractivity contribution in [3.05, 3.63) is 34.7 Å². The molecule has 0 unspecified atom stereocenters. The number of hydrogen-bond donors (Lipinski definition) is 0. The van der Waals surface area contributed by atoms with E-state index in [0.717, 1.165) is 12.3 Å². The Morgan fingerprint density at radius 1 is 1.31 bits per heavy atom. The molecule has 2 nitrogen and oxygen atoms in total. The van der Waals surface area contributed by atoms with Crippen LogP contribution < -0.4 is 56.9 Å². The van der Waals surface area contributed by atoms with Crippen molar-refractivity contribution in [3.63, 3.8) is 0 Å². The van der Waals surface area contributed by atoms with Gasteiger partial charge < -0.3 is 17.5 Å². The topological polar surface area (TPSA) is 22.0 Å². The second-order valence-corrected chi connectivity index (χ2v) is 2.40. The summed E-state index contributed by atoms with van der Waals surface area (Å²) < 4.78 is 36.1. The summed E-state index contributed by atoms with van der Waals surface area (Å²) in [4.78, 5) is 10.8. The first-order valence-electron chi connectivity index (χ1n) is 3.35. The molecule has 0 amide bonds. The number of nitrogens with zero attached hydrogens (tertiary/aromatic N) is 1. The van der Waals surface area contributed by atoms with Crippen molar-refractivity contribution in [1.82, 2.24) is 4.57 Å². The second-order valence-electron chi connectivity index (χ2n) is 2.40. The van der Waals surface area contributed by atoms with Crippen molar-refractivity contribution in [3.8, 4) is 0 Å². The van der Waals surface area contributed by atoms with Gasteiger partial charge in [-0.2, -0.15) is 0 Å². The summed E-state index contributed by atoms with van der Waals surface area (Å²) in [5.74, 6) is 0. The Morgan fingerprint density at radius 3 is 2.38 bits per heavy atom. The summed E-state index contributed by atoms with van der Waals surface area (Å²) >= 11 is 0. The average Bonchev–Trinajstić information content (AvgIpc) is 1.91. The van der Waals surface area contributed by atoms with Gasteiger partial charge in [-0.1, -0.05) is 6.07 Å². The van der Waals surface area contributed by atoms with Crippen LogP contribution in [0.4, 0.5) is 12.9 Å². The van der Waals surface area contributed by atoms with Gasteiger partial charge in [-0.3, -0.25) is 4.79 Å². The van der Waals surface area contributed by atoms with Crippen LogP contribution in [0.25, 0.3) is 0 Å². The Bertz CT molecular complexity index is 324. The zero-order chi connectivity index (χ0) is 9.19. The maximum atomic E-state index is 11.8. The SMILES string of the molecule is O=c1ccccn1C[B-](F)(F)F.[K+]. The van der Waals surface area contributed by atoms with E-state index in [4.69, 9.17) is 0 Å². The molecule has 0 aliphatic carbocycles. The number of halogens is 3. The molecule has 0 aromatic carbocycles. The minimum atomic E-state index is -4.94. The van der Waals surface area contributed by atoms with E-state index in [0.29, 0.717) is 4.57 Å². The van der Waals surface area contributed by atoms with Crippen LogP contribution in [0.3, 0.4) is 0 Å². The van der Waals surface area contributed by atoms with Gasteiger partial charge in [0.25, 0.3) is 0 Å². The molecule has 1 aromatic rings. The van der Waals surface area contributed by atoms with E-state index in [-0.39, 0.29) is 51.4 Å².